The number of amides is 2. The van der Waals surface area contributed by atoms with Crippen LogP contribution in [0.15, 0.2) is 46.0 Å². The lowest BCUT2D eigenvalue weighted by Gasteiger charge is -2.20. The van der Waals surface area contributed by atoms with Gasteiger partial charge in [-0.3, -0.25) is 14.3 Å². The Balaban J connectivity index is 1.38. The Morgan fingerprint density at radius 2 is 1.67 bits per heavy atom. The van der Waals surface area contributed by atoms with E-state index >= 15 is 0 Å². The van der Waals surface area contributed by atoms with Crippen molar-refractivity contribution >= 4 is 38.9 Å². The molecule has 1 aliphatic rings. The maximum absolute atomic E-state index is 12.2. The first kappa shape index (κ1) is 22.3. The topological polar surface area (TPSA) is 104 Å². The van der Waals surface area contributed by atoms with Crippen molar-refractivity contribution in [2.24, 2.45) is 5.92 Å². The first-order valence-electron chi connectivity index (χ1n) is 10.1. The Hall–Kier alpha value is -2.39. The number of carbonyl (C=O) groups excluding carboxylic acids is 2. The van der Waals surface area contributed by atoms with E-state index in [1.54, 1.807) is 41.8 Å². The van der Waals surface area contributed by atoms with Gasteiger partial charge >= 0.3 is 0 Å². The maximum atomic E-state index is 12.2. The lowest BCUT2D eigenvalue weighted by atomic mass is 9.89. The van der Waals surface area contributed by atoms with Gasteiger partial charge in [0.1, 0.15) is 4.21 Å². The fourth-order valence-corrected chi connectivity index (χ4v) is 5.51. The molecule has 1 fully saturated rings. The average Bonchev–Trinajstić information content (AvgIpc) is 3.29. The highest BCUT2D eigenvalue weighted by molar-refractivity contribution is 7.94. The van der Waals surface area contributed by atoms with Crippen molar-refractivity contribution in [3.63, 3.8) is 0 Å². The predicted octanol–water partition coefficient (Wildman–Crippen LogP) is 2.90. The molecule has 1 aliphatic carbocycles. The highest BCUT2D eigenvalue weighted by Gasteiger charge is 2.20. The van der Waals surface area contributed by atoms with Gasteiger partial charge in [-0.2, -0.15) is 0 Å². The number of hydrogen-bond donors (Lipinski definition) is 3. The van der Waals surface area contributed by atoms with E-state index in [2.05, 4.69) is 15.4 Å². The molecule has 7 nitrogen and oxygen atoms in total. The normalized spacial score (nSPS) is 14.8. The standard InChI is InChI=1S/C21H27N3O4S2/c25-19(22-12-13-23-21(26)17-5-2-1-3-6-17)15-16-8-10-18(11-9-16)24-30(27,28)20-7-4-14-29-20/h4,7-11,14,17,24H,1-3,5-6,12-13,15H2,(H,22,25)(H,23,26). The number of carbonyl (C=O) groups is 2. The first-order valence-corrected chi connectivity index (χ1v) is 12.5. The van der Waals surface area contributed by atoms with Gasteiger partial charge in [-0.05, 0) is 42.0 Å². The van der Waals surface area contributed by atoms with Gasteiger partial charge < -0.3 is 10.6 Å². The second-order valence-electron chi connectivity index (χ2n) is 7.39. The Labute approximate surface area is 181 Å². The summed E-state index contributed by atoms with van der Waals surface area (Å²) in [5.74, 6) is 0.0589. The smallest absolute Gasteiger partial charge is 0.271 e. The van der Waals surface area contributed by atoms with Gasteiger partial charge in [0.15, 0.2) is 0 Å². The SMILES string of the molecule is O=C(Cc1ccc(NS(=O)(=O)c2cccs2)cc1)NCCNC(=O)C1CCCCC1. The van der Waals surface area contributed by atoms with Crippen molar-refractivity contribution in [2.75, 3.05) is 17.8 Å². The van der Waals surface area contributed by atoms with Gasteiger partial charge in [0, 0.05) is 24.7 Å². The molecule has 0 unspecified atom stereocenters. The average molecular weight is 450 g/mol. The summed E-state index contributed by atoms with van der Waals surface area (Å²) in [5.41, 5.74) is 1.22. The van der Waals surface area contributed by atoms with Crippen LogP contribution in [-0.4, -0.2) is 33.3 Å². The van der Waals surface area contributed by atoms with Crippen LogP contribution in [0.2, 0.25) is 0 Å². The fraction of sp³-hybridized carbons (Fsp3) is 0.429. The van der Waals surface area contributed by atoms with E-state index in [-0.39, 0.29) is 28.4 Å². The maximum Gasteiger partial charge on any atom is 0.271 e. The number of rotatable bonds is 9. The van der Waals surface area contributed by atoms with Crippen LogP contribution in [0.25, 0.3) is 0 Å². The summed E-state index contributed by atoms with van der Waals surface area (Å²) in [6.07, 6.45) is 5.54. The number of thiophene rings is 1. The molecule has 0 atom stereocenters. The highest BCUT2D eigenvalue weighted by atomic mass is 32.2. The number of sulfonamides is 1. The summed E-state index contributed by atoms with van der Waals surface area (Å²) in [5, 5.41) is 7.40. The summed E-state index contributed by atoms with van der Waals surface area (Å²) in [7, 11) is -3.58. The summed E-state index contributed by atoms with van der Waals surface area (Å²) >= 11 is 1.15. The van der Waals surface area contributed by atoms with Crippen molar-refractivity contribution in [2.45, 2.75) is 42.7 Å². The van der Waals surface area contributed by atoms with Crippen molar-refractivity contribution in [3.05, 3.63) is 47.3 Å². The Kier molecular flexibility index (Phi) is 7.87. The number of anilines is 1. The van der Waals surface area contributed by atoms with Gasteiger partial charge in [-0.1, -0.05) is 37.5 Å². The molecule has 1 aromatic carbocycles. The van der Waals surface area contributed by atoms with Crippen LogP contribution in [0.4, 0.5) is 5.69 Å². The van der Waals surface area contributed by atoms with Crippen LogP contribution in [0.5, 0.6) is 0 Å². The number of benzene rings is 1. The van der Waals surface area contributed by atoms with E-state index in [1.165, 1.54) is 6.42 Å². The Morgan fingerprint density at radius 1 is 0.967 bits per heavy atom. The monoisotopic (exact) mass is 449 g/mol. The van der Waals surface area contributed by atoms with Crippen LogP contribution >= 0.6 is 11.3 Å². The van der Waals surface area contributed by atoms with Gasteiger partial charge in [0.2, 0.25) is 11.8 Å². The second-order valence-corrected chi connectivity index (χ2v) is 10.2. The molecular weight excluding hydrogens is 422 g/mol. The molecule has 162 valence electrons. The quantitative estimate of drug-likeness (QED) is 0.512. The lowest BCUT2D eigenvalue weighted by Crippen LogP contribution is -2.38. The molecule has 1 aromatic heterocycles. The van der Waals surface area contributed by atoms with Crippen LogP contribution in [-0.2, 0) is 26.0 Å². The van der Waals surface area contributed by atoms with E-state index in [0.717, 1.165) is 42.6 Å². The van der Waals surface area contributed by atoms with E-state index in [9.17, 15) is 18.0 Å². The summed E-state index contributed by atoms with van der Waals surface area (Å²) in [6, 6.07) is 9.94. The van der Waals surface area contributed by atoms with Gasteiger partial charge in [-0.25, -0.2) is 8.42 Å². The minimum Gasteiger partial charge on any atom is -0.354 e. The molecule has 3 N–H and O–H groups in total. The van der Waals surface area contributed by atoms with Crippen LogP contribution in [0.1, 0.15) is 37.7 Å². The minimum atomic E-state index is -3.58. The largest absolute Gasteiger partial charge is 0.354 e. The zero-order valence-electron chi connectivity index (χ0n) is 16.7. The van der Waals surface area contributed by atoms with Crippen LogP contribution in [0, 0.1) is 5.92 Å². The highest BCUT2D eigenvalue weighted by Crippen LogP contribution is 2.23. The molecule has 3 rings (SSSR count). The summed E-state index contributed by atoms with van der Waals surface area (Å²) < 4.78 is 27.2. The number of hydrogen-bond acceptors (Lipinski definition) is 5. The summed E-state index contributed by atoms with van der Waals surface area (Å²) in [6.45, 7) is 0.806. The number of nitrogens with one attached hydrogen (secondary N) is 3. The van der Waals surface area contributed by atoms with E-state index in [1.807, 2.05) is 0 Å². The third kappa shape index (κ3) is 6.56. The third-order valence-corrected chi connectivity index (χ3v) is 7.83. The Morgan fingerprint density at radius 3 is 2.33 bits per heavy atom. The molecular formula is C21H27N3O4S2. The molecule has 0 bridgehead atoms. The molecule has 2 aromatic rings. The van der Waals surface area contributed by atoms with Gasteiger partial charge in [0.25, 0.3) is 10.0 Å². The zero-order chi connectivity index (χ0) is 21.4. The van der Waals surface area contributed by atoms with Crippen molar-refractivity contribution in [1.29, 1.82) is 0 Å². The zero-order valence-corrected chi connectivity index (χ0v) is 18.4. The van der Waals surface area contributed by atoms with E-state index in [0.29, 0.717) is 18.8 Å². The summed E-state index contributed by atoms with van der Waals surface area (Å²) in [4.78, 5) is 24.2. The lowest BCUT2D eigenvalue weighted by molar-refractivity contribution is -0.126. The first-order chi connectivity index (χ1) is 14.4. The van der Waals surface area contributed by atoms with Crippen LogP contribution in [0.3, 0.4) is 0 Å². The predicted molar refractivity (Wildman–Crippen MR) is 118 cm³/mol. The van der Waals surface area contributed by atoms with Gasteiger partial charge in [0.05, 0.1) is 6.42 Å². The Bertz CT molecular complexity index is 935. The molecule has 1 heterocycles. The molecule has 1 saturated carbocycles. The molecule has 0 spiro atoms. The fourth-order valence-electron chi connectivity index (χ4n) is 3.46. The third-order valence-electron chi connectivity index (χ3n) is 5.05. The molecule has 0 aliphatic heterocycles. The van der Waals surface area contributed by atoms with E-state index in [4.69, 9.17) is 0 Å². The molecule has 30 heavy (non-hydrogen) atoms. The van der Waals surface area contributed by atoms with Gasteiger partial charge in [-0.15, -0.1) is 11.3 Å². The molecule has 0 saturated heterocycles. The molecule has 2 amide bonds. The van der Waals surface area contributed by atoms with Crippen molar-refractivity contribution < 1.29 is 18.0 Å². The second kappa shape index (κ2) is 10.6. The van der Waals surface area contributed by atoms with Crippen LogP contribution < -0.4 is 15.4 Å². The minimum absolute atomic E-state index is 0.0875. The van der Waals surface area contributed by atoms with E-state index < -0.39 is 10.0 Å². The molecule has 9 heteroatoms. The van der Waals surface area contributed by atoms with Crippen molar-refractivity contribution in [3.8, 4) is 0 Å². The van der Waals surface area contributed by atoms with Crippen molar-refractivity contribution in [1.82, 2.24) is 10.6 Å². The molecule has 0 radical (unpaired) electrons.